The quantitative estimate of drug-likeness (QED) is 0.779. The summed E-state index contributed by atoms with van der Waals surface area (Å²) in [6, 6.07) is 9.88. The zero-order chi connectivity index (χ0) is 13.2. The smallest absolute Gasteiger partial charge is 0.159 e. The minimum absolute atomic E-state index is 0.806. The van der Waals surface area contributed by atoms with Gasteiger partial charge in [-0.2, -0.15) is 0 Å². The Morgan fingerprint density at radius 3 is 2.00 bits per heavy atom. The highest BCUT2D eigenvalue weighted by atomic mass is 28.3. The summed E-state index contributed by atoms with van der Waals surface area (Å²) in [5.41, 5.74) is 3.61. The summed E-state index contributed by atoms with van der Waals surface area (Å²) in [4.78, 5) is 8.70. The van der Waals surface area contributed by atoms with E-state index < -0.39 is 8.07 Å². The number of aromatic nitrogens is 2. The number of benzene rings is 1. The molecule has 0 aliphatic heterocycles. The average Bonchev–Trinajstić information content (AvgIpc) is 2.29. The van der Waals surface area contributed by atoms with Gasteiger partial charge in [0.2, 0.25) is 0 Å². The number of aryl methyl sites for hydroxylation is 1. The van der Waals surface area contributed by atoms with Gasteiger partial charge in [0.05, 0.1) is 0 Å². The molecular weight excluding hydrogens is 236 g/mol. The van der Waals surface area contributed by atoms with Crippen LogP contribution in [0.3, 0.4) is 0 Å². The van der Waals surface area contributed by atoms with Gasteiger partial charge in [-0.25, -0.2) is 9.97 Å². The largest absolute Gasteiger partial charge is 0.236 e. The molecule has 0 saturated heterocycles. The Bertz CT molecular complexity index is 510. The third-order valence-electron chi connectivity index (χ3n) is 2.73. The summed E-state index contributed by atoms with van der Waals surface area (Å²) in [7, 11) is -1.03. The molecule has 0 bridgehead atoms. The standard InChI is InChI=1S/C15H20N2Si/c1-12-9-16-15(17-10-12)14-7-5-13(6-8-14)11-18(2,3)4/h5-10H,11H2,1-4H3. The third-order valence-corrected chi connectivity index (χ3v) is 4.20. The first-order chi connectivity index (χ1) is 8.44. The van der Waals surface area contributed by atoms with Crippen molar-refractivity contribution in [1.82, 2.24) is 9.97 Å². The molecular formula is C15H20N2Si. The Balaban J connectivity index is 2.20. The van der Waals surface area contributed by atoms with Crippen LogP contribution in [0.15, 0.2) is 36.7 Å². The molecule has 2 rings (SSSR count). The lowest BCUT2D eigenvalue weighted by Gasteiger charge is -2.15. The van der Waals surface area contributed by atoms with Crippen LogP contribution >= 0.6 is 0 Å². The van der Waals surface area contributed by atoms with Crippen LogP contribution in [0.2, 0.25) is 19.6 Å². The lowest BCUT2D eigenvalue weighted by atomic mass is 10.1. The topological polar surface area (TPSA) is 25.8 Å². The van der Waals surface area contributed by atoms with E-state index in [1.807, 2.05) is 19.3 Å². The van der Waals surface area contributed by atoms with Gasteiger partial charge in [-0.15, -0.1) is 0 Å². The van der Waals surface area contributed by atoms with Crippen molar-refractivity contribution in [3.8, 4) is 11.4 Å². The van der Waals surface area contributed by atoms with Gasteiger partial charge in [0.1, 0.15) is 0 Å². The van der Waals surface area contributed by atoms with Crippen molar-refractivity contribution in [2.24, 2.45) is 0 Å². The first-order valence-corrected chi connectivity index (χ1v) is 10.0. The second-order valence-electron chi connectivity index (χ2n) is 6.02. The van der Waals surface area contributed by atoms with E-state index in [1.165, 1.54) is 11.6 Å². The number of hydrogen-bond donors (Lipinski definition) is 0. The van der Waals surface area contributed by atoms with Crippen LogP contribution in [0.5, 0.6) is 0 Å². The third kappa shape index (κ3) is 3.50. The molecule has 0 aliphatic carbocycles. The van der Waals surface area contributed by atoms with Gasteiger partial charge >= 0.3 is 0 Å². The molecule has 0 aliphatic rings. The monoisotopic (exact) mass is 256 g/mol. The number of rotatable bonds is 3. The van der Waals surface area contributed by atoms with Crippen molar-refractivity contribution >= 4 is 8.07 Å². The van der Waals surface area contributed by atoms with Crippen molar-refractivity contribution in [2.75, 3.05) is 0 Å². The molecule has 0 atom stereocenters. The predicted octanol–water partition coefficient (Wildman–Crippen LogP) is 3.87. The highest BCUT2D eigenvalue weighted by molar-refractivity contribution is 6.75. The minimum Gasteiger partial charge on any atom is -0.236 e. The van der Waals surface area contributed by atoms with Crippen molar-refractivity contribution in [3.63, 3.8) is 0 Å². The van der Waals surface area contributed by atoms with Gasteiger partial charge in [-0.3, -0.25) is 0 Å². The summed E-state index contributed by atoms with van der Waals surface area (Å²) in [5, 5.41) is 0. The first-order valence-electron chi connectivity index (χ1n) is 6.32. The van der Waals surface area contributed by atoms with E-state index in [1.54, 1.807) is 0 Å². The van der Waals surface area contributed by atoms with Crippen LogP contribution in [-0.2, 0) is 6.04 Å². The lowest BCUT2D eigenvalue weighted by molar-refractivity contribution is 1.14. The highest BCUT2D eigenvalue weighted by Crippen LogP contribution is 2.18. The van der Waals surface area contributed by atoms with Crippen LogP contribution in [0.1, 0.15) is 11.1 Å². The maximum Gasteiger partial charge on any atom is 0.159 e. The summed E-state index contributed by atoms with van der Waals surface area (Å²) in [5.74, 6) is 0.806. The molecule has 0 fully saturated rings. The predicted molar refractivity (Wildman–Crippen MR) is 79.3 cm³/mol. The molecule has 0 N–H and O–H groups in total. The molecule has 0 spiro atoms. The molecule has 0 radical (unpaired) electrons. The van der Waals surface area contributed by atoms with Crippen molar-refractivity contribution in [2.45, 2.75) is 32.6 Å². The SMILES string of the molecule is Cc1cnc(-c2ccc(C[Si](C)(C)C)cc2)nc1. The minimum atomic E-state index is -1.03. The number of nitrogens with zero attached hydrogens (tertiary/aromatic N) is 2. The van der Waals surface area contributed by atoms with Crippen LogP contribution in [0, 0.1) is 6.92 Å². The van der Waals surface area contributed by atoms with E-state index >= 15 is 0 Å². The molecule has 2 aromatic rings. The maximum atomic E-state index is 4.35. The fraction of sp³-hybridized carbons (Fsp3) is 0.333. The highest BCUT2D eigenvalue weighted by Gasteiger charge is 2.13. The van der Waals surface area contributed by atoms with Gasteiger partial charge in [-0.05, 0) is 18.5 Å². The van der Waals surface area contributed by atoms with E-state index in [0.717, 1.165) is 17.0 Å². The van der Waals surface area contributed by atoms with Gasteiger partial charge in [-0.1, -0.05) is 49.5 Å². The summed E-state index contributed by atoms with van der Waals surface area (Å²) >= 11 is 0. The molecule has 1 heterocycles. The van der Waals surface area contributed by atoms with E-state index in [9.17, 15) is 0 Å². The number of hydrogen-bond acceptors (Lipinski definition) is 2. The van der Waals surface area contributed by atoms with Gasteiger partial charge in [0.15, 0.2) is 5.82 Å². The fourth-order valence-electron chi connectivity index (χ4n) is 1.93. The molecule has 0 amide bonds. The summed E-state index contributed by atoms with van der Waals surface area (Å²) < 4.78 is 0. The average molecular weight is 256 g/mol. The molecule has 18 heavy (non-hydrogen) atoms. The molecule has 0 saturated carbocycles. The molecule has 3 heteroatoms. The Kier molecular flexibility index (Phi) is 3.62. The molecule has 1 aromatic heterocycles. The van der Waals surface area contributed by atoms with Gasteiger partial charge < -0.3 is 0 Å². The normalized spacial score (nSPS) is 11.6. The van der Waals surface area contributed by atoms with Gasteiger partial charge in [0.25, 0.3) is 0 Å². The molecule has 94 valence electrons. The molecule has 2 nitrogen and oxygen atoms in total. The van der Waals surface area contributed by atoms with Crippen LogP contribution in [0.4, 0.5) is 0 Å². The second-order valence-corrected chi connectivity index (χ2v) is 11.5. The first kappa shape index (κ1) is 13.0. The molecule has 1 aromatic carbocycles. The van der Waals surface area contributed by atoms with Crippen LogP contribution < -0.4 is 0 Å². The Morgan fingerprint density at radius 1 is 0.944 bits per heavy atom. The lowest BCUT2D eigenvalue weighted by Crippen LogP contribution is -2.23. The van der Waals surface area contributed by atoms with Crippen molar-refractivity contribution in [1.29, 1.82) is 0 Å². The van der Waals surface area contributed by atoms with Crippen LogP contribution in [-0.4, -0.2) is 18.0 Å². The van der Waals surface area contributed by atoms with E-state index in [4.69, 9.17) is 0 Å². The fourth-order valence-corrected chi connectivity index (χ4v) is 3.39. The summed E-state index contributed by atoms with van der Waals surface area (Å²) in [6.45, 7) is 9.18. The van der Waals surface area contributed by atoms with Gasteiger partial charge in [0, 0.05) is 26.0 Å². The van der Waals surface area contributed by atoms with Crippen LogP contribution in [0.25, 0.3) is 11.4 Å². The Morgan fingerprint density at radius 2 is 1.50 bits per heavy atom. The summed E-state index contributed by atoms with van der Waals surface area (Å²) in [6.07, 6.45) is 3.72. The zero-order valence-electron chi connectivity index (χ0n) is 11.6. The van der Waals surface area contributed by atoms with Crippen molar-refractivity contribution < 1.29 is 0 Å². The second kappa shape index (κ2) is 5.02. The van der Waals surface area contributed by atoms with Crippen molar-refractivity contribution in [3.05, 3.63) is 47.8 Å². The molecule has 0 unspecified atom stereocenters. The Hall–Kier alpha value is -1.48. The van der Waals surface area contributed by atoms with E-state index in [2.05, 4.69) is 53.9 Å². The van der Waals surface area contributed by atoms with E-state index in [0.29, 0.717) is 0 Å². The zero-order valence-corrected chi connectivity index (χ0v) is 12.6. The Labute approximate surface area is 110 Å². The maximum absolute atomic E-state index is 4.35. The van der Waals surface area contributed by atoms with E-state index in [-0.39, 0.29) is 0 Å².